The number of aromatic nitrogens is 3. The van der Waals surface area contributed by atoms with Gasteiger partial charge < -0.3 is 9.73 Å². The number of hydrogen-bond acceptors (Lipinski definition) is 5. The zero-order valence-corrected chi connectivity index (χ0v) is 12.6. The van der Waals surface area contributed by atoms with Crippen molar-refractivity contribution in [1.82, 2.24) is 19.9 Å². The Morgan fingerprint density at radius 3 is 2.83 bits per heavy atom. The highest BCUT2D eigenvalue weighted by atomic mass is 16.3. The third kappa shape index (κ3) is 2.91. The number of carbonyl (C=O) groups is 2. The molecule has 3 aromatic heterocycles. The van der Waals surface area contributed by atoms with Gasteiger partial charge in [0.2, 0.25) is 5.78 Å². The quantitative estimate of drug-likeness (QED) is 0.718. The van der Waals surface area contributed by atoms with Crippen LogP contribution in [0, 0.1) is 0 Å². The van der Waals surface area contributed by atoms with Crippen LogP contribution in [0.3, 0.4) is 0 Å². The van der Waals surface area contributed by atoms with E-state index in [4.69, 9.17) is 4.42 Å². The molecule has 0 radical (unpaired) electrons. The average Bonchev–Trinajstić information content (AvgIpc) is 3.16. The van der Waals surface area contributed by atoms with Crippen molar-refractivity contribution in [3.63, 3.8) is 0 Å². The fourth-order valence-electron chi connectivity index (χ4n) is 2.10. The molecule has 0 bridgehead atoms. The van der Waals surface area contributed by atoms with Crippen LogP contribution in [-0.2, 0) is 0 Å². The molecule has 0 saturated heterocycles. The van der Waals surface area contributed by atoms with Gasteiger partial charge in [-0.25, -0.2) is 9.78 Å². The van der Waals surface area contributed by atoms with E-state index in [9.17, 15) is 9.59 Å². The highest BCUT2D eigenvalue weighted by Crippen LogP contribution is 2.17. The summed E-state index contributed by atoms with van der Waals surface area (Å²) in [5.74, 6) is 0.297. The number of hydrogen-bond donors (Lipinski definition) is 2. The van der Waals surface area contributed by atoms with Crippen molar-refractivity contribution in [2.45, 2.75) is 19.9 Å². The van der Waals surface area contributed by atoms with Crippen LogP contribution < -0.4 is 10.6 Å². The zero-order valence-electron chi connectivity index (χ0n) is 12.6. The van der Waals surface area contributed by atoms with Crippen LogP contribution in [0.15, 0.2) is 41.3 Å². The first-order valence-electron chi connectivity index (χ1n) is 7.04. The molecule has 2 N–H and O–H groups in total. The minimum absolute atomic E-state index is 0.000964. The molecule has 0 saturated carbocycles. The Morgan fingerprint density at radius 2 is 2.13 bits per heavy atom. The van der Waals surface area contributed by atoms with E-state index in [0.717, 1.165) is 0 Å². The number of rotatable bonds is 4. The second kappa shape index (κ2) is 5.91. The summed E-state index contributed by atoms with van der Waals surface area (Å²) in [6.07, 6.45) is 4.33. The van der Waals surface area contributed by atoms with E-state index in [1.807, 2.05) is 13.8 Å². The molecule has 0 aliphatic heterocycles. The summed E-state index contributed by atoms with van der Waals surface area (Å²) in [6.45, 7) is 3.71. The number of fused-ring (bicyclic) bond motifs is 1. The van der Waals surface area contributed by atoms with E-state index in [1.165, 1.54) is 23.2 Å². The number of nitrogens with one attached hydrogen (secondary N) is 2. The van der Waals surface area contributed by atoms with Crippen molar-refractivity contribution in [1.29, 1.82) is 0 Å². The lowest BCUT2D eigenvalue weighted by molar-refractivity contribution is 0.101. The predicted molar refractivity (Wildman–Crippen MR) is 82.4 cm³/mol. The lowest BCUT2D eigenvalue weighted by Crippen LogP contribution is -2.34. The van der Waals surface area contributed by atoms with Gasteiger partial charge in [0.15, 0.2) is 11.4 Å². The third-order valence-electron chi connectivity index (χ3n) is 3.05. The second-order valence-electron chi connectivity index (χ2n) is 5.18. The molecule has 0 spiro atoms. The number of urea groups is 1. The summed E-state index contributed by atoms with van der Waals surface area (Å²) in [4.78, 5) is 28.4. The molecular weight excluding hydrogens is 298 g/mol. The molecule has 3 rings (SSSR count). The maximum Gasteiger partial charge on any atom is 0.320 e. The summed E-state index contributed by atoms with van der Waals surface area (Å²) in [5, 5.41) is 9.52. The van der Waals surface area contributed by atoms with Gasteiger partial charge in [0.05, 0.1) is 18.0 Å². The smallest absolute Gasteiger partial charge is 0.320 e. The fourth-order valence-corrected chi connectivity index (χ4v) is 2.10. The molecule has 0 aliphatic rings. The number of amides is 2. The van der Waals surface area contributed by atoms with Crippen LogP contribution >= 0.6 is 0 Å². The van der Waals surface area contributed by atoms with E-state index >= 15 is 0 Å². The van der Waals surface area contributed by atoms with Crippen LogP contribution in [0.1, 0.15) is 30.0 Å². The molecule has 0 atom stereocenters. The van der Waals surface area contributed by atoms with Crippen LogP contribution in [0.25, 0.3) is 5.65 Å². The predicted octanol–water partition coefficient (Wildman–Crippen LogP) is 2.08. The maximum absolute atomic E-state index is 12.4. The molecule has 8 heteroatoms. The third-order valence-corrected chi connectivity index (χ3v) is 3.05. The van der Waals surface area contributed by atoms with Gasteiger partial charge in [-0.15, -0.1) is 0 Å². The summed E-state index contributed by atoms with van der Waals surface area (Å²) in [7, 11) is 0. The second-order valence-corrected chi connectivity index (χ2v) is 5.18. The molecule has 8 nitrogen and oxygen atoms in total. The molecule has 0 fully saturated rings. The molecule has 0 unspecified atom stereocenters. The van der Waals surface area contributed by atoms with Crippen molar-refractivity contribution >= 4 is 23.3 Å². The van der Waals surface area contributed by atoms with Crippen LogP contribution in [0.4, 0.5) is 10.6 Å². The van der Waals surface area contributed by atoms with Crippen LogP contribution in [0.2, 0.25) is 0 Å². The summed E-state index contributed by atoms with van der Waals surface area (Å²) < 4.78 is 6.51. The van der Waals surface area contributed by atoms with Gasteiger partial charge in [0, 0.05) is 12.2 Å². The first kappa shape index (κ1) is 14.8. The van der Waals surface area contributed by atoms with Crippen molar-refractivity contribution in [3.8, 4) is 0 Å². The van der Waals surface area contributed by atoms with E-state index in [2.05, 4.69) is 20.7 Å². The fraction of sp³-hybridized carbons (Fsp3) is 0.200. The van der Waals surface area contributed by atoms with Gasteiger partial charge in [-0.1, -0.05) is 0 Å². The van der Waals surface area contributed by atoms with Gasteiger partial charge in [-0.2, -0.15) is 9.61 Å². The van der Waals surface area contributed by atoms with Gasteiger partial charge in [-0.3, -0.25) is 10.1 Å². The highest BCUT2D eigenvalue weighted by Gasteiger charge is 2.19. The van der Waals surface area contributed by atoms with Crippen molar-refractivity contribution in [2.24, 2.45) is 0 Å². The monoisotopic (exact) mass is 313 g/mol. The van der Waals surface area contributed by atoms with Gasteiger partial charge in [-0.05, 0) is 32.0 Å². The Balaban J connectivity index is 1.94. The lowest BCUT2D eigenvalue weighted by Gasteiger charge is -2.10. The highest BCUT2D eigenvalue weighted by molar-refractivity contribution is 6.10. The minimum atomic E-state index is -0.359. The van der Waals surface area contributed by atoms with Crippen molar-refractivity contribution in [3.05, 3.63) is 48.2 Å². The molecule has 3 heterocycles. The summed E-state index contributed by atoms with van der Waals surface area (Å²) >= 11 is 0. The Hall–Kier alpha value is -3.16. The van der Waals surface area contributed by atoms with Gasteiger partial charge in [0.1, 0.15) is 5.82 Å². The first-order valence-corrected chi connectivity index (χ1v) is 7.04. The number of furan rings is 1. The van der Waals surface area contributed by atoms with E-state index in [1.54, 1.807) is 18.2 Å². The number of anilines is 1. The largest absolute Gasteiger partial charge is 0.461 e. The molecule has 23 heavy (non-hydrogen) atoms. The normalized spacial score (nSPS) is 10.9. The van der Waals surface area contributed by atoms with E-state index in [0.29, 0.717) is 17.0 Å². The molecule has 0 aromatic carbocycles. The molecule has 118 valence electrons. The Labute approximate surface area is 131 Å². The van der Waals surface area contributed by atoms with Gasteiger partial charge in [0.25, 0.3) is 0 Å². The summed E-state index contributed by atoms with van der Waals surface area (Å²) in [6, 6.07) is 4.45. The van der Waals surface area contributed by atoms with Crippen LogP contribution in [-0.4, -0.2) is 32.5 Å². The Kier molecular flexibility index (Phi) is 3.80. The minimum Gasteiger partial charge on any atom is -0.461 e. The van der Waals surface area contributed by atoms with Crippen molar-refractivity contribution < 1.29 is 14.0 Å². The number of nitrogens with zero attached hydrogens (tertiary/aromatic N) is 3. The first-order chi connectivity index (χ1) is 11.1. The van der Waals surface area contributed by atoms with Gasteiger partial charge >= 0.3 is 6.03 Å². The summed E-state index contributed by atoms with van der Waals surface area (Å²) in [5.41, 5.74) is 0.640. The SMILES string of the molecule is CC(C)NC(=O)Nc1ccnc2c(C(=O)c3ccco3)cnn12. The topological polar surface area (TPSA) is 102 Å². The zero-order chi connectivity index (χ0) is 16.4. The number of ketones is 1. The van der Waals surface area contributed by atoms with Crippen molar-refractivity contribution in [2.75, 3.05) is 5.32 Å². The number of carbonyl (C=O) groups excluding carboxylic acids is 2. The average molecular weight is 313 g/mol. The molecular formula is C15H15N5O3. The van der Waals surface area contributed by atoms with E-state index < -0.39 is 0 Å². The maximum atomic E-state index is 12.4. The van der Waals surface area contributed by atoms with E-state index in [-0.39, 0.29) is 23.6 Å². The molecule has 3 aromatic rings. The Morgan fingerprint density at radius 1 is 1.30 bits per heavy atom. The van der Waals surface area contributed by atoms with Crippen LogP contribution in [0.5, 0.6) is 0 Å². The standard InChI is InChI=1S/C15H15N5O3/c1-9(2)18-15(22)19-12-5-6-16-14-10(8-17-20(12)14)13(21)11-4-3-7-23-11/h3-9H,1-2H3,(H2,18,19,22). The molecule has 2 amide bonds. The Bertz CT molecular complexity index is 851. The lowest BCUT2D eigenvalue weighted by atomic mass is 10.2. The molecule has 0 aliphatic carbocycles.